The molecule has 0 aromatic carbocycles. The van der Waals surface area contributed by atoms with Crippen molar-refractivity contribution in [2.75, 3.05) is 19.6 Å². The minimum Gasteiger partial charge on any atom is -0.304 e. The lowest BCUT2D eigenvalue weighted by atomic mass is 10.1. The molecule has 29 heavy (non-hydrogen) atoms. The highest BCUT2D eigenvalue weighted by Gasteiger charge is 2.02. The molecule has 176 valence electrons. The molecule has 0 radical (unpaired) electrons. The van der Waals surface area contributed by atoms with Crippen molar-refractivity contribution in [3.8, 4) is 0 Å². The van der Waals surface area contributed by atoms with Crippen LogP contribution in [0.4, 0.5) is 0 Å². The molecular formula is C28H59N. The van der Waals surface area contributed by atoms with E-state index in [-0.39, 0.29) is 0 Å². The van der Waals surface area contributed by atoms with Crippen molar-refractivity contribution in [3.63, 3.8) is 0 Å². The van der Waals surface area contributed by atoms with Crippen LogP contribution in [0.25, 0.3) is 0 Å². The summed E-state index contributed by atoms with van der Waals surface area (Å²) in [6.07, 6.45) is 31.9. The molecule has 0 saturated carbocycles. The van der Waals surface area contributed by atoms with Gasteiger partial charge in [0.15, 0.2) is 0 Å². The summed E-state index contributed by atoms with van der Waals surface area (Å²) in [6.45, 7) is 10.9. The molecule has 0 bridgehead atoms. The minimum absolute atomic E-state index is 1.25. The fourth-order valence-electron chi connectivity index (χ4n) is 4.43. The summed E-state index contributed by atoms with van der Waals surface area (Å²) in [5.41, 5.74) is 0. The van der Waals surface area contributed by atoms with Crippen LogP contribution in [-0.4, -0.2) is 24.5 Å². The topological polar surface area (TPSA) is 3.24 Å². The van der Waals surface area contributed by atoms with E-state index in [0.29, 0.717) is 0 Å². The van der Waals surface area contributed by atoms with Gasteiger partial charge in [-0.2, -0.15) is 0 Å². The molecule has 0 unspecified atom stereocenters. The molecule has 0 atom stereocenters. The van der Waals surface area contributed by atoms with Crippen molar-refractivity contribution < 1.29 is 0 Å². The van der Waals surface area contributed by atoms with Gasteiger partial charge in [-0.05, 0) is 32.5 Å². The molecule has 0 heterocycles. The van der Waals surface area contributed by atoms with Crippen molar-refractivity contribution in [1.29, 1.82) is 0 Å². The van der Waals surface area contributed by atoms with E-state index in [1.165, 1.54) is 161 Å². The highest BCUT2D eigenvalue weighted by atomic mass is 15.1. The molecule has 0 saturated heterocycles. The van der Waals surface area contributed by atoms with E-state index in [1.807, 2.05) is 0 Å². The predicted molar refractivity (Wildman–Crippen MR) is 135 cm³/mol. The first-order valence-corrected chi connectivity index (χ1v) is 14.1. The molecule has 1 nitrogen and oxygen atoms in total. The third-order valence-electron chi connectivity index (χ3n) is 6.60. The Kier molecular flexibility index (Phi) is 26.0. The summed E-state index contributed by atoms with van der Waals surface area (Å²) in [4.78, 5) is 2.70. The first-order chi connectivity index (χ1) is 14.3. The van der Waals surface area contributed by atoms with E-state index < -0.39 is 0 Å². The van der Waals surface area contributed by atoms with Crippen molar-refractivity contribution in [2.24, 2.45) is 0 Å². The van der Waals surface area contributed by atoms with E-state index in [9.17, 15) is 0 Å². The van der Waals surface area contributed by atoms with E-state index >= 15 is 0 Å². The number of rotatable bonds is 25. The van der Waals surface area contributed by atoms with E-state index in [1.54, 1.807) is 0 Å². The Morgan fingerprint density at radius 3 is 0.793 bits per heavy atom. The summed E-state index contributed by atoms with van der Waals surface area (Å²) < 4.78 is 0. The Morgan fingerprint density at radius 2 is 0.552 bits per heavy atom. The number of nitrogens with zero attached hydrogens (tertiary/aromatic N) is 1. The molecule has 0 fully saturated rings. The zero-order valence-corrected chi connectivity index (χ0v) is 21.1. The van der Waals surface area contributed by atoms with Gasteiger partial charge in [0.1, 0.15) is 0 Å². The quantitative estimate of drug-likeness (QED) is 0.136. The van der Waals surface area contributed by atoms with Gasteiger partial charge in [-0.3, -0.25) is 0 Å². The van der Waals surface area contributed by atoms with Crippen molar-refractivity contribution in [1.82, 2.24) is 4.90 Å². The molecule has 0 aromatic heterocycles. The number of hydrogen-bond donors (Lipinski definition) is 0. The molecule has 0 aliphatic heterocycles. The van der Waals surface area contributed by atoms with E-state index in [0.717, 1.165) is 0 Å². The zero-order chi connectivity index (χ0) is 21.3. The minimum atomic E-state index is 1.25. The van der Waals surface area contributed by atoms with Gasteiger partial charge in [0, 0.05) is 0 Å². The monoisotopic (exact) mass is 409 g/mol. The molecule has 0 N–H and O–H groups in total. The van der Waals surface area contributed by atoms with E-state index in [2.05, 4.69) is 25.7 Å². The van der Waals surface area contributed by atoms with Crippen molar-refractivity contribution >= 4 is 0 Å². The van der Waals surface area contributed by atoms with Gasteiger partial charge in [0.2, 0.25) is 0 Å². The second-order valence-corrected chi connectivity index (χ2v) is 9.51. The van der Waals surface area contributed by atoms with Gasteiger partial charge in [0.05, 0.1) is 0 Å². The van der Waals surface area contributed by atoms with Crippen LogP contribution in [0.5, 0.6) is 0 Å². The molecule has 0 spiro atoms. The molecule has 0 aliphatic rings. The second kappa shape index (κ2) is 26.0. The number of unbranched alkanes of at least 4 members (excludes halogenated alkanes) is 20. The average Bonchev–Trinajstić information content (AvgIpc) is 2.74. The van der Waals surface area contributed by atoms with Crippen LogP contribution in [-0.2, 0) is 0 Å². The third kappa shape index (κ3) is 24.1. The highest BCUT2D eigenvalue weighted by molar-refractivity contribution is 4.57. The largest absolute Gasteiger partial charge is 0.304 e. The molecule has 0 aromatic rings. The smallest absolute Gasteiger partial charge is 0.00189 e. The second-order valence-electron chi connectivity index (χ2n) is 9.51. The standard InChI is InChI=1S/C28H59N/c1-4-7-9-11-13-15-17-19-21-23-25-27-29(6-3)28-26-24-22-20-18-16-14-12-10-8-5-2/h4-28H2,1-3H3. The Bertz CT molecular complexity index is 249. The average molecular weight is 410 g/mol. The van der Waals surface area contributed by atoms with Crippen LogP contribution in [0.1, 0.15) is 162 Å². The van der Waals surface area contributed by atoms with E-state index in [4.69, 9.17) is 0 Å². The van der Waals surface area contributed by atoms with Crippen LogP contribution in [0, 0.1) is 0 Å². The fourth-order valence-corrected chi connectivity index (χ4v) is 4.43. The van der Waals surface area contributed by atoms with Crippen molar-refractivity contribution in [2.45, 2.75) is 162 Å². The van der Waals surface area contributed by atoms with Crippen LogP contribution >= 0.6 is 0 Å². The Hall–Kier alpha value is -0.0400. The van der Waals surface area contributed by atoms with Gasteiger partial charge in [-0.15, -0.1) is 0 Å². The van der Waals surface area contributed by atoms with Crippen molar-refractivity contribution in [3.05, 3.63) is 0 Å². The first-order valence-electron chi connectivity index (χ1n) is 14.1. The van der Waals surface area contributed by atoms with Crippen LogP contribution < -0.4 is 0 Å². The molecule has 1 heteroatoms. The lowest BCUT2D eigenvalue weighted by Gasteiger charge is -2.20. The first kappa shape index (κ1) is 29.0. The normalized spacial score (nSPS) is 11.6. The number of hydrogen-bond acceptors (Lipinski definition) is 1. The molecular weight excluding hydrogens is 350 g/mol. The summed E-state index contributed by atoms with van der Waals surface area (Å²) in [6, 6.07) is 0. The zero-order valence-electron chi connectivity index (χ0n) is 21.1. The Labute approximate surface area is 186 Å². The maximum absolute atomic E-state index is 2.70. The van der Waals surface area contributed by atoms with Crippen LogP contribution in [0.2, 0.25) is 0 Å². The Morgan fingerprint density at radius 1 is 0.310 bits per heavy atom. The summed E-state index contributed by atoms with van der Waals surface area (Å²) in [5, 5.41) is 0. The summed E-state index contributed by atoms with van der Waals surface area (Å²) in [7, 11) is 0. The van der Waals surface area contributed by atoms with Gasteiger partial charge in [-0.25, -0.2) is 0 Å². The molecule has 0 aliphatic carbocycles. The van der Waals surface area contributed by atoms with Gasteiger partial charge in [0.25, 0.3) is 0 Å². The van der Waals surface area contributed by atoms with Gasteiger partial charge in [-0.1, -0.05) is 149 Å². The maximum Gasteiger partial charge on any atom is -0.00189 e. The third-order valence-corrected chi connectivity index (χ3v) is 6.60. The summed E-state index contributed by atoms with van der Waals surface area (Å²) >= 11 is 0. The molecule has 0 amide bonds. The maximum atomic E-state index is 2.70. The highest BCUT2D eigenvalue weighted by Crippen LogP contribution is 2.13. The van der Waals surface area contributed by atoms with Crippen LogP contribution in [0.15, 0.2) is 0 Å². The predicted octanol–water partition coefficient (Wildman–Crippen LogP) is 9.93. The fraction of sp³-hybridized carbons (Fsp3) is 1.00. The van der Waals surface area contributed by atoms with Gasteiger partial charge < -0.3 is 4.90 Å². The summed E-state index contributed by atoms with van der Waals surface area (Å²) in [5.74, 6) is 0. The van der Waals surface area contributed by atoms with Crippen LogP contribution in [0.3, 0.4) is 0 Å². The SMILES string of the molecule is CCCCCCCCCCCCCN(CC)CCCCCCCCCCCCC. The molecule has 0 rings (SSSR count). The Balaban J connectivity index is 3.27. The lowest BCUT2D eigenvalue weighted by molar-refractivity contribution is 0.273. The van der Waals surface area contributed by atoms with Gasteiger partial charge >= 0.3 is 0 Å². The lowest BCUT2D eigenvalue weighted by Crippen LogP contribution is -2.25.